The summed E-state index contributed by atoms with van der Waals surface area (Å²) in [6.07, 6.45) is 2.57. The molecule has 2 rings (SSSR count). The monoisotopic (exact) mass is 179 g/mol. The van der Waals surface area contributed by atoms with E-state index in [-0.39, 0.29) is 0 Å². The molecule has 1 nitrogen and oxygen atoms in total. The number of hydrogen-bond donors (Lipinski definition) is 0. The van der Waals surface area contributed by atoms with E-state index < -0.39 is 0 Å². The first-order chi connectivity index (χ1) is 5.89. The first kappa shape index (κ1) is 9.26. The van der Waals surface area contributed by atoms with Crippen LogP contribution in [0.25, 0.3) is 0 Å². The van der Waals surface area contributed by atoms with Gasteiger partial charge < -0.3 is 0 Å². The molecule has 0 amide bonds. The average Bonchev–Trinajstić information content (AvgIpc) is 2.01. The second-order valence-corrected chi connectivity index (χ2v) is 5.60. The van der Waals surface area contributed by atoms with Crippen LogP contribution in [0.3, 0.4) is 0 Å². The Hall–Kier alpha value is -0.300. The summed E-state index contributed by atoms with van der Waals surface area (Å²) in [5, 5.41) is 0. The minimum atomic E-state index is 0.441. The van der Waals surface area contributed by atoms with Crippen molar-refractivity contribution in [3.63, 3.8) is 0 Å². The van der Waals surface area contributed by atoms with E-state index in [1.54, 1.807) is 11.1 Å². The van der Waals surface area contributed by atoms with Crippen molar-refractivity contribution in [3.05, 3.63) is 11.1 Å². The molecule has 0 aromatic carbocycles. The Labute approximate surface area is 81.8 Å². The van der Waals surface area contributed by atoms with E-state index in [1.165, 1.54) is 19.4 Å². The molecule has 2 unspecified atom stereocenters. The Bertz CT molecular complexity index is 279. The van der Waals surface area contributed by atoms with Gasteiger partial charge in [-0.15, -0.1) is 0 Å². The van der Waals surface area contributed by atoms with Crippen molar-refractivity contribution in [1.29, 1.82) is 0 Å². The van der Waals surface area contributed by atoms with Gasteiger partial charge in [-0.2, -0.15) is 0 Å². The van der Waals surface area contributed by atoms with Gasteiger partial charge in [-0.3, -0.25) is 4.90 Å². The van der Waals surface area contributed by atoms with Gasteiger partial charge in [0.2, 0.25) is 0 Å². The van der Waals surface area contributed by atoms with Crippen LogP contribution in [0.4, 0.5) is 0 Å². The Kier molecular flexibility index (Phi) is 1.70. The summed E-state index contributed by atoms with van der Waals surface area (Å²) < 4.78 is 0. The largest absolute Gasteiger partial charge is 0.299 e. The lowest BCUT2D eigenvalue weighted by atomic mass is 9.55. The topological polar surface area (TPSA) is 3.24 Å². The molecule has 2 aliphatic rings. The maximum Gasteiger partial charge on any atom is 0.0284 e. The molecule has 0 N–H and O–H groups in total. The fourth-order valence-electron chi connectivity index (χ4n) is 3.24. The fourth-order valence-corrected chi connectivity index (χ4v) is 3.24. The third-order valence-corrected chi connectivity index (χ3v) is 4.72. The third-order valence-electron chi connectivity index (χ3n) is 4.72. The van der Waals surface area contributed by atoms with Crippen LogP contribution in [-0.4, -0.2) is 24.0 Å². The Morgan fingerprint density at radius 1 is 1.08 bits per heavy atom. The van der Waals surface area contributed by atoms with E-state index in [9.17, 15) is 0 Å². The lowest BCUT2D eigenvalue weighted by molar-refractivity contribution is -0.128. The van der Waals surface area contributed by atoms with Crippen molar-refractivity contribution in [1.82, 2.24) is 4.90 Å². The smallest absolute Gasteiger partial charge is 0.0284 e. The van der Waals surface area contributed by atoms with Gasteiger partial charge >= 0.3 is 0 Å². The molecule has 0 bridgehead atoms. The zero-order chi connectivity index (χ0) is 9.85. The number of allylic oxidation sites excluding steroid dienone is 1. The van der Waals surface area contributed by atoms with Gasteiger partial charge in [-0.1, -0.05) is 18.1 Å². The third kappa shape index (κ3) is 0.969. The second-order valence-electron chi connectivity index (χ2n) is 5.60. The Balaban J connectivity index is 2.35. The zero-order valence-electron chi connectivity index (χ0n) is 9.57. The molecule has 1 saturated heterocycles. The lowest BCUT2D eigenvalue weighted by Gasteiger charge is -2.65. The minimum absolute atomic E-state index is 0.441. The molecule has 0 radical (unpaired) electrons. The normalized spacial score (nSPS) is 45.9. The van der Waals surface area contributed by atoms with Gasteiger partial charge in [0.1, 0.15) is 0 Å². The highest BCUT2D eigenvalue weighted by Crippen LogP contribution is 2.56. The number of likely N-dealkylation sites (tertiary alicyclic amines) is 1. The van der Waals surface area contributed by atoms with Gasteiger partial charge in [-0.25, -0.2) is 0 Å². The predicted octanol–water partition coefficient (Wildman–Crippen LogP) is 2.83. The summed E-state index contributed by atoms with van der Waals surface area (Å²) in [7, 11) is 2.26. The van der Waals surface area contributed by atoms with Gasteiger partial charge in [-0.05, 0) is 40.7 Å². The molecule has 0 spiro atoms. The summed E-state index contributed by atoms with van der Waals surface area (Å²) in [5.41, 5.74) is 4.24. The highest BCUT2D eigenvalue weighted by molar-refractivity contribution is 5.28. The summed E-state index contributed by atoms with van der Waals surface area (Å²) in [6.45, 7) is 10.7. The molecule has 74 valence electrons. The van der Waals surface area contributed by atoms with Gasteiger partial charge in [0.15, 0.2) is 0 Å². The van der Waals surface area contributed by atoms with Crippen LogP contribution in [0, 0.1) is 5.41 Å². The molecule has 2 atom stereocenters. The van der Waals surface area contributed by atoms with Gasteiger partial charge in [0.25, 0.3) is 0 Å². The van der Waals surface area contributed by atoms with Crippen molar-refractivity contribution in [3.8, 4) is 0 Å². The SMILES string of the molecule is CC1=C(C)CC2(C)N(C)CC2(C)C1. The molecule has 1 fully saturated rings. The van der Waals surface area contributed by atoms with Crippen LogP contribution in [0.2, 0.25) is 0 Å². The van der Waals surface area contributed by atoms with E-state index >= 15 is 0 Å². The molecule has 0 saturated carbocycles. The Morgan fingerprint density at radius 3 is 2.15 bits per heavy atom. The molecule has 1 heteroatoms. The molecular weight excluding hydrogens is 158 g/mol. The van der Waals surface area contributed by atoms with Crippen LogP contribution in [0.1, 0.15) is 40.5 Å². The van der Waals surface area contributed by atoms with Crippen molar-refractivity contribution >= 4 is 0 Å². The van der Waals surface area contributed by atoms with Crippen molar-refractivity contribution in [2.45, 2.75) is 46.1 Å². The van der Waals surface area contributed by atoms with Crippen LogP contribution in [0.15, 0.2) is 11.1 Å². The molecule has 0 aromatic heterocycles. The van der Waals surface area contributed by atoms with Crippen LogP contribution in [0.5, 0.6) is 0 Å². The van der Waals surface area contributed by atoms with Crippen molar-refractivity contribution in [2.24, 2.45) is 5.41 Å². The highest BCUT2D eigenvalue weighted by Gasteiger charge is 2.58. The predicted molar refractivity (Wildman–Crippen MR) is 56.8 cm³/mol. The zero-order valence-corrected chi connectivity index (χ0v) is 9.57. The van der Waals surface area contributed by atoms with E-state index in [4.69, 9.17) is 0 Å². The molecule has 1 aliphatic heterocycles. The summed E-state index contributed by atoms with van der Waals surface area (Å²) >= 11 is 0. The molecular formula is C12H21N. The number of fused-ring (bicyclic) bond motifs is 1. The number of rotatable bonds is 0. The fraction of sp³-hybridized carbons (Fsp3) is 0.833. The maximum absolute atomic E-state index is 2.52. The van der Waals surface area contributed by atoms with Crippen LogP contribution < -0.4 is 0 Å². The van der Waals surface area contributed by atoms with Gasteiger partial charge in [0, 0.05) is 17.5 Å². The van der Waals surface area contributed by atoms with Crippen molar-refractivity contribution < 1.29 is 0 Å². The van der Waals surface area contributed by atoms with E-state index in [2.05, 4.69) is 39.6 Å². The quantitative estimate of drug-likeness (QED) is 0.517. The molecule has 1 aliphatic carbocycles. The minimum Gasteiger partial charge on any atom is -0.299 e. The lowest BCUT2D eigenvalue weighted by Crippen LogP contribution is -2.71. The molecule has 13 heavy (non-hydrogen) atoms. The van der Waals surface area contributed by atoms with Crippen molar-refractivity contribution in [2.75, 3.05) is 13.6 Å². The second kappa shape index (κ2) is 2.38. The molecule has 1 heterocycles. The maximum atomic E-state index is 2.52. The number of hydrogen-bond acceptors (Lipinski definition) is 1. The van der Waals surface area contributed by atoms with Crippen LogP contribution >= 0.6 is 0 Å². The summed E-state index contributed by atoms with van der Waals surface area (Å²) in [5.74, 6) is 0. The number of nitrogens with zero attached hydrogens (tertiary/aromatic N) is 1. The molecule has 0 aromatic rings. The summed E-state index contributed by atoms with van der Waals surface area (Å²) in [6, 6.07) is 0. The van der Waals surface area contributed by atoms with E-state index in [0.29, 0.717) is 11.0 Å². The van der Waals surface area contributed by atoms with Crippen LogP contribution in [-0.2, 0) is 0 Å². The Morgan fingerprint density at radius 2 is 1.62 bits per heavy atom. The standard InChI is InChI=1S/C12H21N/c1-9-6-11(3)8-13(5)12(11,4)7-10(9)2/h6-8H2,1-5H3. The first-order valence-electron chi connectivity index (χ1n) is 5.25. The van der Waals surface area contributed by atoms with E-state index in [0.717, 1.165) is 0 Å². The average molecular weight is 179 g/mol. The summed E-state index contributed by atoms with van der Waals surface area (Å²) in [4.78, 5) is 2.52. The first-order valence-corrected chi connectivity index (χ1v) is 5.25. The highest BCUT2D eigenvalue weighted by atomic mass is 15.3. The van der Waals surface area contributed by atoms with E-state index in [1.807, 2.05) is 0 Å². The van der Waals surface area contributed by atoms with Gasteiger partial charge in [0.05, 0.1) is 0 Å².